The molecule has 102 valence electrons. The molecule has 0 amide bonds. The van der Waals surface area contributed by atoms with E-state index in [0.717, 1.165) is 6.54 Å². The lowest BCUT2D eigenvalue weighted by Gasteiger charge is -2.21. The Labute approximate surface area is 110 Å². The van der Waals surface area contributed by atoms with Gasteiger partial charge in [0.2, 0.25) is 0 Å². The molecular weight excluding hydrogens is 226 g/mol. The number of nitrogens with zero attached hydrogens (tertiary/aromatic N) is 1. The van der Waals surface area contributed by atoms with Gasteiger partial charge in [-0.25, -0.2) is 0 Å². The second-order valence-electron chi connectivity index (χ2n) is 5.22. The number of hydrogen-bond donors (Lipinski definition) is 1. The van der Waals surface area contributed by atoms with Crippen LogP contribution in [0.4, 0.5) is 0 Å². The van der Waals surface area contributed by atoms with Crippen LogP contribution in [-0.4, -0.2) is 42.4 Å². The molecule has 0 bridgehead atoms. The van der Waals surface area contributed by atoms with Gasteiger partial charge < -0.3 is 9.84 Å². The lowest BCUT2D eigenvalue weighted by Crippen LogP contribution is -2.32. The normalized spacial score (nSPS) is 13.3. The Hall–Kier alpha value is -0.900. The Morgan fingerprint density at radius 2 is 1.83 bits per heavy atom. The van der Waals surface area contributed by atoms with Crippen molar-refractivity contribution >= 4 is 0 Å². The number of aliphatic hydroxyl groups is 1. The van der Waals surface area contributed by atoms with Gasteiger partial charge in [-0.05, 0) is 33.4 Å². The van der Waals surface area contributed by atoms with Gasteiger partial charge in [0.15, 0.2) is 0 Å². The Bertz CT molecular complexity index is 335. The number of hydrogen-bond acceptors (Lipinski definition) is 3. The van der Waals surface area contributed by atoms with Crippen molar-refractivity contribution in [1.29, 1.82) is 0 Å². The van der Waals surface area contributed by atoms with Gasteiger partial charge >= 0.3 is 0 Å². The highest BCUT2D eigenvalue weighted by atomic mass is 16.5. The zero-order valence-corrected chi connectivity index (χ0v) is 11.9. The third-order valence-corrected chi connectivity index (χ3v) is 2.72. The number of ether oxygens (including phenoxy) is 1. The first-order valence-corrected chi connectivity index (χ1v) is 6.51. The van der Waals surface area contributed by atoms with Crippen molar-refractivity contribution in [1.82, 2.24) is 4.90 Å². The van der Waals surface area contributed by atoms with E-state index in [2.05, 4.69) is 36.1 Å². The molecule has 1 N–H and O–H groups in total. The molecule has 1 aromatic rings. The number of aryl methyl sites for hydroxylation is 1. The van der Waals surface area contributed by atoms with E-state index in [-0.39, 0.29) is 6.10 Å². The summed E-state index contributed by atoms with van der Waals surface area (Å²) in [7, 11) is 2.01. The van der Waals surface area contributed by atoms with Crippen molar-refractivity contribution in [3.8, 4) is 0 Å². The van der Waals surface area contributed by atoms with Crippen LogP contribution in [-0.2, 0) is 11.3 Å². The van der Waals surface area contributed by atoms with E-state index in [0.29, 0.717) is 13.2 Å². The quantitative estimate of drug-likeness (QED) is 0.806. The fourth-order valence-corrected chi connectivity index (χ4v) is 1.79. The first-order valence-electron chi connectivity index (χ1n) is 6.51. The Morgan fingerprint density at radius 3 is 2.39 bits per heavy atom. The van der Waals surface area contributed by atoms with E-state index < -0.39 is 6.10 Å². The van der Waals surface area contributed by atoms with Crippen LogP contribution in [0.3, 0.4) is 0 Å². The van der Waals surface area contributed by atoms with E-state index >= 15 is 0 Å². The molecule has 3 nitrogen and oxygen atoms in total. The Balaban J connectivity index is 2.32. The molecule has 1 atom stereocenters. The van der Waals surface area contributed by atoms with Crippen LogP contribution in [0.2, 0.25) is 0 Å². The summed E-state index contributed by atoms with van der Waals surface area (Å²) in [5, 5.41) is 9.82. The molecule has 3 heteroatoms. The van der Waals surface area contributed by atoms with Crippen molar-refractivity contribution in [2.75, 3.05) is 20.2 Å². The van der Waals surface area contributed by atoms with Gasteiger partial charge in [0.05, 0.1) is 18.8 Å². The van der Waals surface area contributed by atoms with Crippen molar-refractivity contribution in [3.63, 3.8) is 0 Å². The molecule has 0 aliphatic carbocycles. The molecule has 0 radical (unpaired) electrons. The molecule has 0 unspecified atom stereocenters. The lowest BCUT2D eigenvalue weighted by molar-refractivity contribution is -0.00634. The maximum atomic E-state index is 9.82. The maximum Gasteiger partial charge on any atom is 0.0900 e. The largest absolute Gasteiger partial charge is 0.389 e. The number of benzene rings is 1. The third kappa shape index (κ3) is 6.15. The standard InChI is InChI=1S/C15H25NO2/c1-12(2)18-11-15(17)10-16(4)9-14-7-5-13(3)6-8-14/h5-8,12,15,17H,9-11H2,1-4H3/t15-/m0/s1. The number of aliphatic hydroxyl groups excluding tert-OH is 1. The van der Waals surface area contributed by atoms with E-state index in [1.165, 1.54) is 11.1 Å². The van der Waals surface area contributed by atoms with Crippen LogP contribution in [0.15, 0.2) is 24.3 Å². The fraction of sp³-hybridized carbons (Fsp3) is 0.600. The first kappa shape index (κ1) is 15.2. The topological polar surface area (TPSA) is 32.7 Å². The van der Waals surface area contributed by atoms with Crippen molar-refractivity contribution < 1.29 is 9.84 Å². The molecule has 0 fully saturated rings. The van der Waals surface area contributed by atoms with Gasteiger partial charge in [-0.3, -0.25) is 4.90 Å². The molecule has 0 aliphatic rings. The highest BCUT2D eigenvalue weighted by Crippen LogP contribution is 2.06. The minimum absolute atomic E-state index is 0.169. The average Bonchev–Trinajstić information content (AvgIpc) is 2.29. The second kappa shape index (κ2) is 7.52. The number of rotatable bonds is 7. The van der Waals surface area contributed by atoms with Crippen LogP contribution in [0.25, 0.3) is 0 Å². The monoisotopic (exact) mass is 251 g/mol. The van der Waals surface area contributed by atoms with Gasteiger partial charge in [0, 0.05) is 13.1 Å². The molecular formula is C15H25NO2. The zero-order valence-electron chi connectivity index (χ0n) is 11.9. The highest BCUT2D eigenvalue weighted by Gasteiger charge is 2.09. The minimum atomic E-state index is -0.428. The van der Waals surface area contributed by atoms with Crippen molar-refractivity contribution in [3.05, 3.63) is 35.4 Å². The predicted octanol–water partition coefficient (Wildman–Crippen LogP) is 2.21. The third-order valence-electron chi connectivity index (χ3n) is 2.72. The maximum absolute atomic E-state index is 9.82. The molecule has 0 heterocycles. The van der Waals surface area contributed by atoms with E-state index in [9.17, 15) is 5.11 Å². The first-order chi connectivity index (χ1) is 8.47. The number of likely N-dealkylation sites (N-methyl/N-ethyl adjacent to an activating group) is 1. The van der Waals surface area contributed by atoms with Crippen molar-refractivity contribution in [2.45, 2.75) is 39.5 Å². The summed E-state index contributed by atoms with van der Waals surface area (Å²) in [4.78, 5) is 2.11. The molecule has 0 aromatic heterocycles. The lowest BCUT2D eigenvalue weighted by atomic mass is 10.1. The van der Waals surface area contributed by atoms with Gasteiger partial charge in [-0.1, -0.05) is 29.8 Å². The van der Waals surface area contributed by atoms with Gasteiger partial charge in [0.25, 0.3) is 0 Å². The molecule has 18 heavy (non-hydrogen) atoms. The SMILES string of the molecule is Cc1ccc(CN(C)C[C@H](O)COC(C)C)cc1. The smallest absolute Gasteiger partial charge is 0.0900 e. The van der Waals surface area contributed by atoms with E-state index in [1.54, 1.807) is 0 Å². The highest BCUT2D eigenvalue weighted by molar-refractivity contribution is 5.21. The second-order valence-corrected chi connectivity index (χ2v) is 5.22. The minimum Gasteiger partial charge on any atom is -0.389 e. The van der Waals surface area contributed by atoms with Gasteiger partial charge in [0.1, 0.15) is 0 Å². The van der Waals surface area contributed by atoms with Crippen LogP contribution >= 0.6 is 0 Å². The van der Waals surface area contributed by atoms with Crippen LogP contribution in [0.1, 0.15) is 25.0 Å². The summed E-state index contributed by atoms with van der Waals surface area (Å²) >= 11 is 0. The molecule has 1 aromatic carbocycles. The summed E-state index contributed by atoms with van der Waals surface area (Å²) in [6, 6.07) is 8.48. The Kier molecular flexibility index (Phi) is 6.33. The predicted molar refractivity (Wildman–Crippen MR) is 74.6 cm³/mol. The Morgan fingerprint density at radius 1 is 1.22 bits per heavy atom. The molecule has 0 saturated carbocycles. The average molecular weight is 251 g/mol. The van der Waals surface area contributed by atoms with E-state index in [1.807, 2.05) is 20.9 Å². The van der Waals surface area contributed by atoms with E-state index in [4.69, 9.17) is 4.74 Å². The summed E-state index contributed by atoms with van der Waals surface area (Å²) in [5.41, 5.74) is 2.53. The van der Waals surface area contributed by atoms with Gasteiger partial charge in [-0.2, -0.15) is 0 Å². The van der Waals surface area contributed by atoms with Crippen molar-refractivity contribution in [2.24, 2.45) is 0 Å². The van der Waals surface area contributed by atoms with Crippen LogP contribution < -0.4 is 0 Å². The summed E-state index contributed by atoms with van der Waals surface area (Å²) in [5.74, 6) is 0. The molecule has 0 aliphatic heterocycles. The summed E-state index contributed by atoms with van der Waals surface area (Å²) in [6.45, 7) is 7.90. The van der Waals surface area contributed by atoms with Crippen LogP contribution in [0.5, 0.6) is 0 Å². The molecule has 0 saturated heterocycles. The van der Waals surface area contributed by atoms with Gasteiger partial charge in [-0.15, -0.1) is 0 Å². The zero-order chi connectivity index (χ0) is 13.5. The fourth-order valence-electron chi connectivity index (χ4n) is 1.79. The van der Waals surface area contributed by atoms with Crippen LogP contribution in [0, 0.1) is 6.92 Å². The molecule has 1 rings (SSSR count). The molecule has 0 spiro atoms. The summed E-state index contributed by atoms with van der Waals surface area (Å²) in [6.07, 6.45) is -0.259. The summed E-state index contributed by atoms with van der Waals surface area (Å²) < 4.78 is 5.39.